The molecule has 1 aliphatic heterocycles. The van der Waals surface area contributed by atoms with E-state index in [9.17, 15) is 22.4 Å². The second kappa shape index (κ2) is 8.68. The topological polar surface area (TPSA) is 100 Å². The van der Waals surface area contributed by atoms with Crippen LogP contribution in [0.4, 0.5) is 35.0 Å². The van der Waals surface area contributed by atoms with Crippen LogP contribution in [0.2, 0.25) is 0 Å². The number of rotatable bonds is 5. The zero-order chi connectivity index (χ0) is 25.7. The Morgan fingerprint density at radius 2 is 1.81 bits per heavy atom. The molecule has 0 bridgehead atoms. The number of carbonyl (C=O) groups is 1. The van der Waals surface area contributed by atoms with E-state index in [2.05, 4.69) is 30.7 Å². The van der Waals surface area contributed by atoms with E-state index in [0.29, 0.717) is 28.7 Å². The zero-order valence-electron chi connectivity index (χ0n) is 19.2. The van der Waals surface area contributed by atoms with Gasteiger partial charge in [-0.3, -0.25) is 9.78 Å². The fraction of sp³-hybridized carbons (Fsp3) is 0.292. The van der Waals surface area contributed by atoms with Gasteiger partial charge in [-0.25, -0.2) is 13.9 Å². The van der Waals surface area contributed by atoms with E-state index < -0.39 is 17.8 Å². The van der Waals surface area contributed by atoms with Crippen LogP contribution in [-0.2, 0) is 12.7 Å². The maximum Gasteiger partial charge on any atom is 0.433 e. The Balaban J connectivity index is 1.07. The van der Waals surface area contributed by atoms with Gasteiger partial charge in [0.25, 0.3) is 5.91 Å². The number of fused-ring (bicyclic) bond motifs is 2. The Kier molecular flexibility index (Phi) is 5.42. The summed E-state index contributed by atoms with van der Waals surface area (Å²) in [5.41, 5.74) is 0.264. The zero-order valence-corrected chi connectivity index (χ0v) is 19.2. The molecule has 0 saturated heterocycles. The smallest absolute Gasteiger partial charge is 0.367 e. The summed E-state index contributed by atoms with van der Waals surface area (Å²) in [6, 6.07) is 7.16. The molecule has 1 saturated carbocycles. The highest BCUT2D eigenvalue weighted by atomic mass is 19.4. The van der Waals surface area contributed by atoms with Crippen LogP contribution in [-0.4, -0.2) is 42.6 Å². The third-order valence-electron chi connectivity index (χ3n) is 6.56. The minimum absolute atomic E-state index is 0.000688. The van der Waals surface area contributed by atoms with E-state index in [1.165, 1.54) is 33.9 Å². The number of carbonyl (C=O) groups excluding carboxylic acids is 1. The molecule has 2 aliphatic rings. The summed E-state index contributed by atoms with van der Waals surface area (Å²) in [7, 11) is 0. The van der Waals surface area contributed by atoms with Crippen molar-refractivity contribution < 1.29 is 22.4 Å². The lowest BCUT2D eigenvalue weighted by molar-refractivity contribution is -0.141. The van der Waals surface area contributed by atoms with Gasteiger partial charge in [0.1, 0.15) is 17.3 Å². The van der Waals surface area contributed by atoms with Crippen LogP contribution < -0.4 is 15.5 Å². The number of nitrogens with one attached hydrogen (secondary N) is 2. The third kappa shape index (κ3) is 4.52. The molecule has 4 aromatic heterocycles. The maximum atomic E-state index is 13.4. The fourth-order valence-electron chi connectivity index (χ4n) is 4.74. The van der Waals surface area contributed by atoms with Crippen molar-refractivity contribution in [2.45, 2.75) is 44.1 Å². The second-order valence-corrected chi connectivity index (χ2v) is 9.10. The first-order valence-corrected chi connectivity index (χ1v) is 11.6. The van der Waals surface area contributed by atoms with Crippen molar-refractivity contribution in [3.63, 3.8) is 0 Å². The fourth-order valence-corrected chi connectivity index (χ4v) is 4.74. The molecule has 0 aromatic carbocycles. The van der Waals surface area contributed by atoms with Gasteiger partial charge in [0, 0.05) is 41.7 Å². The van der Waals surface area contributed by atoms with E-state index >= 15 is 0 Å². The quantitative estimate of drug-likeness (QED) is 0.385. The average Bonchev–Trinajstić information content (AvgIpc) is 3.56. The van der Waals surface area contributed by atoms with Gasteiger partial charge < -0.3 is 15.5 Å². The van der Waals surface area contributed by atoms with E-state index in [-0.39, 0.29) is 30.0 Å². The molecular formula is C24H20F4N8O. The van der Waals surface area contributed by atoms with Crippen LogP contribution in [0, 0.1) is 5.82 Å². The number of hydrogen-bond acceptors (Lipinski definition) is 7. The molecule has 6 rings (SSSR count). The highest BCUT2D eigenvalue weighted by Crippen LogP contribution is 2.33. The van der Waals surface area contributed by atoms with Crippen LogP contribution in [0.5, 0.6) is 0 Å². The largest absolute Gasteiger partial charge is 0.433 e. The Hall–Kier alpha value is -4.29. The van der Waals surface area contributed by atoms with Gasteiger partial charge in [-0.05, 0) is 43.5 Å². The van der Waals surface area contributed by atoms with E-state index in [0.717, 1.165) is 31.5 Å². The van der Waals surface area contributed by atoms with E-state index in [1.807, 2.05) is 0 Å². The summed E-state index contributed by atoms with van der Waals surface area (Å²) in [5.74, 6) is 0.174. The molecule has 1 fully saturated rings. The summed E-state index contributed by atoms with van der Waals surface area (Å²) >= 11 is 0. The first-order chi connectivity index (χ1) is 17.7. The van der Waals surface area contributed by atoms with Gasteiger partial charge in [0.2, 0.25) is 5.95 Å². The molecule has 0 unspecified atom stereocenters. The molecule has 2 N–H and O–H groups in total. The molecule has 4 aromatic rings. The number of pyridine rings is 3. The molecule has 5 heterocycles. The van der Waals surface area contributed by atoms with Crippen molar-refractivity contribution in [2.24, 2.45) is 0 Å². The van der Waals surface area contributed by atoms with Crippen LogP contribution in [0.25, 0.3) is 5.65 Å². The molecule has 13 heteroatoms. The molecule has 37 heavy (non-hydrogen) atoms. The Morgan fingerprint density at radius 3 is 2.57 bits per heavy atom. The van der Waals surface area contributed by atoms with Gasteiger partial charge in [0.15, 0.2) is 5.65 Å². The van der Waals surface area contributed by atoms with E-state index in [4.69, 9.17) is 0 Å². The van der Waals surface area contributed by atoms with Crippen LogP contribution in [0.1, 0.15) is 40.9 Å². The van der Waals surface area contributed by atoms with Gasteiger partial charge in [-0.2, -0.15) is 18.2 Å². The number of alkyl halides is 3. The van der Waals surface area contributed by atoms with Crippen molar-refractivity contribution in [1.82, 2.24) is 24.6 Å². The molecule has 190 valence electrons. The standard InChI is InChI=1S/C24H20F4N8O/c25-14-5-6-36-21(7-14)33-23(34-36)32-16-2-1-15(8-16)31-20-4-3-17(11-30-20)35-12-13-10-29-19(24(26,27)28)9-18(13)22(35)37/h3-7,9-11,15-16H,1-2,8,12H2,(H,30,31)(H,32,34)/t15-,16-/m0/s1. The second-order valence-electron chi connectivity index (χ2n) is 9.10. The lowest BCUT2D eigenvalue weighted by Crippen LogP contribution is -2.24. The SMILES string of the molecule is O=C1c2cc(C(F)(F)F)ncc2CN1c1ccc(N[C@H]2CC[C@H](Nc3nc4cc(F)ccn4n3)C2)nc1. The lowest BCUT2D eigenvalue weighted by Gasteiger charge is -2.17. The molecule has 9 nitrogen and oxygen atoms in total. The first-order valence-electron chi connectivity index (χ1n) is 11.6. The number of nitrogens with zero attached hydrogens (tertiary/aromatic N) is 6. The summed E-state index contributed by atoms with van der Waals surface area (Å²) < 4.78 is 53.8. The number of amides is 1. The molecule has 0 radical (unpaired) electrons. The number of aromatic nitrogens is 5. The predicted octanol–water partition coefficient (Wildman–Crippen LogP) is 4.28. The number of hydrogen-bond donors (Lipinski definition) is 2. The molecular weight excluding hydrogens is 492 g/mol. The van der Waals surface area contributed by atoms with Gasteiger partial charge >= 0.3 is 6.18 Å². The molecule has 0 spiro atoms. The maximum absolute atomic E-state index is 13.4. The lowest BCUT2D eigenvalue weighted by atomic mass is 10.1. The molecule has 2 atom stereocenters. The minimum atomic E-state index is -4.62. The Bertz CT molecular complexity index is 1490. The van der Waals surface area contributed by atoms with Crippen molar-refractivity contribution in [1.29, 1.82) is 0 Å². The van der Waals surface area contributed by atoms with E-state index in [1.54, 1.807) is 12.1 Å². The summed E-state index contributed by atoms with van der Waals surface area (Å²) in [6.07, 6.45) is 2.09. The highest BCUT2D eigenvalue weighted by Gasteiger charge is 2.37. The molecule has 1 aliphatic carbocycles. The third-order valence-corrected chi connectivity index (χ3v) is 6.56. The Labute approximate surface area is 207 Å². The van der Waals surface area contributed by atoms with Crippen molar-refractivity contribution in [3.8, 4) is 0 Å². The summed E-state index contributed by atoms with van der Waals surface area (Å²) in [6.45, 7) is 0.132. The van der Waals surface area contributed by atoms with Crippen LogP contribution >= 0.6 is 0 Å². The highest BCUT2D eigenvalue weighted by molar-refractivity contribution is 6.09. The number of halogens is 4. The monoisotopic (exact) mass is 512 g/mol. The summed E-state index contributed by atoms with van der Waals surface area (Å²) in [4.78, 5) is 26.3. The van der Waals surface area contributed by atoms with Gasteiger partial charge in [0.05, 0.1) is 18.4 Å². The number of anilines is 3. The Morgan fingerprint density at radius 1 is 1.00 bits per heavy atom. The van der Waals surface area contributed by atoms with Crippen LogP contribution in [0.3, 0.4) is 0 Å². The molecule has 1 amide bonds. The first kappa shape index (κ1) is 23.1. The van der Waals surface area contributed by atoms with Gasteiger partial charge in [-0.15, -0.1) is 5.10 Å². The predicted molar refractivity (Wildman–Crippen MR) is 126 cm³/mol. The van der Waals surface area contributed by atoms with Gasteiger partial charge in [-0.1, -0.05) is 0 Å². The van der Waals surface area contributed by atoms with Crippen molar-refractivity contribution >= 4 is 29.0 Å². The van der Waals surface area contributed by atoms with Crippen LogP contribution in [0.15, 0.2) is 48.9 Å². The normalized spacial score (nSPS) is 19.5. The average molecular weight is 512 g/mol. The van der Waals surface area contributed by atoms with Crippen molar-refractivity contribution in [3.05, 3.63) is 71.6 Å². The van der Waals surface area contributed by atoms with Crippen molar-refractivity contribution in [2.75, 3.05) is 15.5 Å². The summed E-state index contributed by atoms with van der Waals surface area (Å²) in [5, 5.41) is 11.0. The minimum Gasteiger partial charge on any atom is -0.367 e.